The predicted molar refractivity (Wildman–Crippen MR) is 85.6 cm³/mol. The maximum atomic E-state index is 13.1. The third-order valence-electron chi connectivity index (χ3n) is 3.13. The van der Waals surface area contributed by atoms with Crippen LogP contribution in [-0.2, 0) is 6.42 Å². The van der Waals surface area contributed by atoms with Crippen LogP contribution in [0.1, 0.15) is 29.0 Å². The van der Waals surface area contributed by atoms with E-state index in [9.17, 15) is 4.39 Å². The summed E-state index contributed by atoms with van der Waals surface area (Å²) in [6.07, 6.45) is 0.687. The van der Waals surface area contributed by atoms with Crippen molar-refractivity contribution < 1.29 is 4.39 Å². The molecule has 0 saturated carbocycles. The second-order valence-corrected chi connectivity index (χ2v) is 6.34. The summed E-state index contributed by atoms with van der Waals surface area (Å²) < 4.78 is 13.1. The molecule has 0 saturated heterocycles. The lowest BCUT2D eigenvalue weighted by molar-refractivity contribution is 0.557. The molecule has 0 fully saturated rings. The molecule has 1 N–H and O–H groups in total. The van der Waals surface area contributed by atoms with Crippen LogP contribution < -0.4 is 5.32 Å². The lowest BCUT2D eigenvalue weighted by Gasteiger charge is -2.18. The molecule has 1 aromatic carbocycles. The van der Waals surface area contributed by atoms with Gasteiger partial charge in [0.15, 0.2) is 0 Å². The molecule has 108 valence electrons. The summed E-state index contributed by atoms with van der Waals surface area (Å²) in [5.41, 5.74) is 2.00. The zero-order valence-electron chi connectivity index (χ0n) is 11.3. The summed E-state index contributed by atoms with van der Waals surface area (Å²) in [4.78, 5) is 1.10. The monoisotopic (exact) mass is 331 g/mol. The summed E-state index contributed by atoms with van der Waals surface area (Å²) in [5.74, 6) is -0.316. The fourth-order valence-electron chi connectivity index (χ4n) is 2.10. The van der Waals surface area contributed by atoms with Crippen molar-refractivity contribution in [3.05, 3.63) is 55.4 Å². The summed E-state index contributed by atoms with van der Waals surface area (Å²) in [5, 5.41) is 6.73. The molecule has 0 aliphatic heterocycles. The van der Waals surface area contributed by atoms with Gasteiger partial charge < -0.3 is 5.32 Å². The molecule has 5 heteroatoms. The normalized spacial score (nSPS) is 12.7. The van der Waals surface area contributed by atoms with Crippen LogP contribution in [0.25, 0.3) is 0 Å². The molecule has 1 heterocycles. The van der Waals surface area contributed by atoms with Gasteiger partial charge in [-0.05, 0) is 48.5 Å². The second-order valence-electron chi connectivity index (χ2n) is 4.65. The fraction of sp³-hybridized carbons (Fsp3) is 0.333. The first-order valence-corrected chi connectivity index (χ1v) is 8.07. The van der Waals surface area contributed by atoms with E-state index >= 15 is 0 Å². The molecule has 1 atom stereocenters. The van der Waals surface area contributed by atoms with Gasteiger partial charge in [0.25, 0.3) is 0 Å². The van der Waals surface area contributed by atoms with Gasteiger partial charge in [-0.2, -0.15) is 0 Å². The molecule has 1 aromatic heterocycles. The molecular formula is C15H16Cl2FNS. The molecule has 2 rings (SSSR count). The highest BCUT2D eigenvalue weighted by molar-refractivity contribution is 7.10. The van der Waals surface area contributed by atoms with Crippen LogP contribution in [0.15, 0.2) is 23.6 Å². The fourth-order valence-corrected chi connectivity index (χ4v) is 3.74. The Bertz CT molecular complexity index is 598. The van der Waals surface area contributed by atoms with Gasteiger partial charge in [-0.1, -0.05) is 36.2 Å². The minimum atomic E-state index is -0.316. The Morgan fingerprint density at radius 2 is 2.10 bits per heavy atom. The third kappa shape index (κ3) is 3.53. The number of hydrogen-bond acceptors (Lipinski definition) is 2. The molecule has 1 unspecified atom stereocenters. The van der Waals surface area contributed by atoms with Gasteiger partial charge in [0.2, 0.25) is 0 Å². The predicted octanol–water partition coefficient (Wildman–Crippen LogP) is 5.40. The van der Waals surface area contributed by atoms with Crippen LogP contribution in [0.2, 0.25) is 10.0 Å². The van der Waals surface area contributed by atoms with Crippen LogP contribution in [0.5, 0.6) is 0 Å². The van der Waals surface area contributed by atoms with Gasteiger partial charge in [-0.15, -0.1) is 11.3 Å². The Balaban J connectivity index is 2.28. The maximum absolute atomic E-state index is 13.1. The molecule has 20 heavy (non-hydrogen) atoms. The van der Waals surface area contributed by atoms with Gasteiger partial charge in [-0.3, -0.25) is 0 Å². The summed E-state index contributed by atoms with van der Waals surface area (Å²) in [7, 11) is 0. The first-order valence-electron chi connectivity index (χ1n) is 6.43. The van der Waals surface area contributed by atoms with Crippen molar-refractivity contribution >= 4 is 34.5 Å². The van der Waals surface area contributed by atoms with Crippen LogP contribution in [0, 0.1) is 12.7 Å². The van der Waals surface area contributed by atoms with E-state index in [2.05, 4.69) is 5.32 Å². The number of halogens is 3. The topological polar surface area (TPSA) is 12.0 Å². The highest BCUT2D eigenvalue weighted by Gasteiger charge is 2.19. The Kier molecular flexibility index (Phi) is 5.44. The minimum Gasteiger partial charge on any atom is -0.309 e. The number of likely N-dealkylation sites (N-methyl/N-ethyl adjacent to an activating group) is 1. The van der Waals surface area contributed by atoms with Gasteiger partial charge in [-0.25, -0.2) is 4.39 Å². The van der Waals surface area contributed by atoms with Crippen LogP contribution in [-0.4, -0.2) is 6.54 Å². The number of nitrogens with one attached hydrogen (secondary N) is 1. The van der Waals surface area contributed by atoms with E-state index in [4.69, 9.17) is 23.2 Å². The van der Waals surface area contributed by atoms with Gasteiger partial charge >= 0.3 is 0 Å². The Labute approximate surface area is 132 Å². The van der Waals surface area contributed by atoms with E-state index in [1.54, 1.807) is 17.4 Å². The van der Waals surface area contributed by atoms with E-state index in [0.29, 0.717) is 11.4 Å². The van der Waals surface area contributed by atoms with E-state index in [1.165, 1.54) is 12.1 Å². The average molecular weight is 332 g/mol. The standard InChI is InChI=1S/C15H16Cl2FNS/c1-3-19-13(15-14(17)9(2)8-20-15)6-10-4-5-11(18)7-12(10)16/h4-5,7-8,13,19H,3,6H2,1-2H3. The summed E-state index contributed by atoms with van der Waals surface area (Å²) in [6, 6.07) is 4.61. The van der Waals surface area contributed by atoms with E-state index in [0.717, 1.165) is 27.6 Å². The molecule has 0 bridgehead atoms. The van der Waals surface area contributed by atoms with Crippen molar-refractivity contribution in [2.24, 2.45) is 0 Å². The minimum absolute atomic E-state index is 0.0918. The lowest BCUT2D eigenvalue weighted by Crippen LogP contribution is -2.22. The number of thiophene rings is 1. The smallest absolute Gasteiger partial charge is 0.124 e. The molecular weight excluding hydrogens is 316 g/mol. The van der Waals surface area contributed by atoms with E-state index in [1.807, 2.05) is 19.2 Å². The maximum Gasteiger partial charge on any atom is 0.124 e. The number of aryl methyl sites for hydroxylation is 1. The quantitative estimate of drug-likeness (QED) is 0.773. The van der Waals surface area contributed by atoms with Crippen LogP contribution in [0.3, 0.4) is 0 Å². The van der Waals surface area contributed by atoms with Crippen molar-refractivity contribution in [1.82, 2.24) is 5.32 Å². The van der Waals surface area contributed by atoms with E-state index < -0.39 is 0 Å². The molecule has 0 spiro atoms. The number of benzene rings is 1. The zero-order valence-corrected chi connectivity index (χ0v) is 13.7. The third-order valence-corrected chi connectivity index (χ3v) is 5.31. The average Bonchev–Trinajstić information content (AvgIpc) is 2.73. The van der Waals surface area contributed by atoms with Crippen molar-refractivity contribution in [3.8, 4) is 0 Å². The first-order chi connectivity index (χ1) is 9.52. The van der Waals surface area contributed by atoms with Gasteiger partial charge in [0.1, 0.15) is 5.82 Å². The first kappa shape index (κ1) is 15.8. The van der Waals surface area contributed by atoms with E-state index in [-0.39, 0.29) is 11.9 Å². The Hall–Kier alpha value is -0.610. The summed E-state index contributed by atoms with van der Waals surface area (Å²) >= 11 is 14.1. The Morgan fingerprint density at radius 1 is 1.35 bits per heavy atom. The highest BCUT2D eigenvalue weighted by Crippen LogP contribution is 2.35. The molecule has 0 aliphatic carbocycles. The SMILES string of the molecule is CCNC(Cc1ccc(F)cc1Cl)c1scc(C)c1Cl. The van der Waals surface area contributed by atoms with Gasteiger partial charge in [0.05, 0.1) is 5.02 Å². The number of hydrogen-bond donors (Lipinski definition) is 1. The van der Waals surface area contributed by atoms with Crippen molar-refractivity contribution in [2.75, 3.05) is 6.54 Å². The summed E-state index contributed by atoms with van der Waals surface area (Å²) in [6.45, 7) is 4.88. The molecule has 2 aromatic rings. The van der Waals surface area contributed by atoms with Crippen LogP contribution in [0.4, 0.5) is 4.39 Å². The Morgan fingerprint density at radius 3 is 2.65 bits per heavy atom. The largest absolute Gasteiger partial charge is 0.309 e. The van der Waals surface area contributed by atoms with Crippen molar-refractivity contribution in [1.29, 1.82) is 0 Å². The van der Waals surface area contributed by atoms with Gasteiger partial charge in [0, 0.05) is 15.9 Å². The van der Waals surface area contributed by atoms with Crippen molar-refractivity contribution in [2.45, 2.75) is 26.3 Å². The van der Waals surface area contributed by atoms with Crippen LogP contribution >= 0.6 is 34.5 Å². The molecule has 0 aliphatic rings. The highest BCUT2D eigenvalue weighted by atomic mass is 35.5. The molecule has 1 nitrogen and oxygen atoms in total. The number of rotatable bonds is 5. The second kappa shape index (κ2) is 6.90. The van der Waals surface area contributed by atoms with Crippen molar-refractivity contribution in [3.63, 3.8) is 0 Å². The molecule has 0 radical (unpaired) electrons. The molecule has 0 amide bonds. The lowest BCUT2D eigenvalue weighted by atomic mass is 10.0. The zero-order chi connectivity index (χ0) is 14.7.